The molecule has 2 rings (SSSR count). The molecule has 0 aliphatic heterocycles. The van der Waals surface area contributed by atoms with E-state index >= 15 is 0 Å². The molecule has 12 heteroatoms. The number of rotatable bonds is 13. The molecule has 2 aromatic rings. The molecular weight excluding hydrogens is 544 g/mol. The fourth-order valence-corrected chi connectivity index (χ4v) is 4.19. The van der Waals surface area contributed by atoms with Crippen molar-refractivity contribution in [2.24, 2.45) is 11.8 Å². The summed E-state index contributed by atoms with van der Waals surface area (Å²) in [6.45, 7) is 7.22. The van der Waals surface area contributed by atoms with Gasteiger partial charge in [0.1, 0.15) is 18.7 Å². The first-order valence-corrected chi connectivity index (χ1v) is 13.5. The zero-order chi connectivity index (χ0) is 29.1. The smallest absolute Gasteiger partial charge is 0.445 e. The summed E-state index contributed by atoms with van der Waals surface area (Å²) in [5, 5.41) is 28.3. The number of nitrogens with one attached hydrogen (secondary N) is 3. The molecule has 0 aliphatic carbocycles. The van der Waals surface area contributed by atoms with Crippen LogP contribution in [-0.2, 0) is 27.4 Å². The lowest BCUT2D eigenvalue weighted by atomic mass is 9.73. The van der Waals surface area contributed by atoms with Gasteiger partial charge in [0.2, 0.25) is 11.8 Å². The van der Waals surface area contributed by atoms with Crippen molar-refractivity contribution in [3.63, 3.8) is 0 Å². The quantitative estimate of drug-likeness (QED) is 0.230. The fraction of sp³-hybridized carbons (Fsp3) is 0.444. The molecule has 0 aliphatic rings. The first-order valence-electron chi connectivity index (χ1n) is 12.7. The third kappa shape index (κ3) is 11.5. The molecule has 0 spiro atoms. The number of hydrogen-bond donors (Lipinski definition) is 5. The molecule has 3 atom stereocenters. The molecule has 0 aromatic heterocycles. The van der Waals surface area contributed by atoms with Crippen molar-refractivity contribution in [3.8, 4) is 0 Å². The van der Waals surface area contributed by atoms with Crippen LogP contribution in [0.15, 0.2) is 48.5 Å². The zero-order valence-electron chi connectivity index (χ0n) is 22.5. The van der Waals surface area contributed by atoms with Crippen molar-refractivity contribution < 1.29 is 29.2 Å². The topological polar surface area (TPSA) is 137 Å². The highest BCUT2D eigenvalue weighted by Crippen LogP contribution is 2.14. The van der Waals surface area contributed by atoms with Crippen LogP contribution in [0.3, 0.4) is 0 Å². The van der Waals surface area contributed by atoms with Gasteiger partial charge in [0.25, 0.3) is 0 Å². The fourth-order valence-electron chi connectivity index (χ4n) is 3.85. The van der Waals surface area contributed by atoms with Gasteiger partial charge in [-0.15, -0.1) is 0 Å². The van der Waals surface area contributed by atoms with Crippen LogP contribution in [0, 0.1) is 11.8 Å². The third-order valence-electron chi connectivity index (χ3n) is 5.91. The van der Waals surface area contributed by atoms with Crippen molar-refractivity contribution >= 4 is 48.2 Å². The van der Waals surface area contributed by atoms with E-state index in [0.717, 1.165) is 0 Å². The summed E-state index contributed by atoms with van der Waals surface area (Å²) in [6.07, 6.45) is -0.447. The zero-order valence-corrected chi connectivity index (χ0v) is 24.0. The second-order valence-electron chi connectivity index (χ2n) is 10.1. The maximum Gasteiger partial charge on any atom is 0.475 e. The molecule has 0 fully saturated rings. The van der Waals surface area contributed by atoms with Gasteiger partial charge in [-0.25, -0.2) is 4.79 Å². The Bertz CT molecular complexity index is 1090. The molecular formula is C27H36BCl2N3O6. The number of carbonyl (C=O) groups is 3. The van der Waals surface area contributed by atoms with Crippen LogP contribution in [0.4, 0.5) is 4.79 Å². The van der Waals surface area contributed by atoms with E-state index in [2.05, 4.69) is 16.0 Å². The monoisotopic (exact) mass is 579 g/mol. The minimum Gasteiger partial charge on any atom is -0.445 e. The summed E-state index contributed by atoms with van der Waals surface area (Å²) in [7, 11) is -1.77. The number of hydrogen-bond acceptors (Lipinski definition) is 6. The number of ether oxygens (including phenoxy) is 1. The van der Waals surface area contributed by atoms with Gasteiger partial charge in [-0.05, 0) is 53.6 Å². The van der Waals surface area contributed by atoms with Gasteiger partial charge in [-0.3, -0.25) is 9.59 Å². The SMILES string of the molecule is CC(C)C[C@H](NC(=O)[C@H](Cc1cccc(Cl)c1)NC(=O)OCc1ccc(Cl)cc1)C(=O)N[C@H](B(O)O)C(C)C. The van der Waals surface area contributed by atoms with Gasteiger partial charge in [-0.2, -0.15) is 0 Å². The van der Waals surface area contributed by atoms with E-state index in [4.69, 9.17) is 27.9 Å². The van der Waals surface area contributed by atoms with Crippen LogP contribution in [-0.4, -0.2) is 53.1 Å². The number of carbonyl (C=O) groups excluding carboxylic acids is 3. The highest BCUT2D eigenvalue weighted by Gasteiger charge is 2.33. The van der Waals surface area contributed by atoms with Gasteiger partial charge in [0.05, 0.1) is 5.94 Å². The van der Waals surface area contributed by atoms with E-state index in [1.165, 1.54) is 0 Å². The molecule has 39 heavy (non-hydrogen) atoms. The maximum absolute atomic E-state index is 13.4. The highest BCUT2D eigenvalue weighted by molar-refractivity contribution is 6.43. The molecule has 0 saturated heterocycles. The molecule has 0 saturated carbocycles. The molecule has 5 N–H and O–H groups in total. The van der Waals surface area contributed by atoms with Crippen molar-refractivity contribution in [1.29, 1.82) is 0 Å². The lowest BCUT2D eigenvalue weighted by Gasteiger charge is -2.27. The molecule has 0 bridgehead atoms. The van der Waals surface area contributed by atoms with E-state index in [1.54, 1.807) is 62.4 Å². The number of benzene rings is 2. The maximum atomic E-state index is 13.4. The summed E-state index contributed by atoms with van der Waals surface area (Å²) in [5.74, 6) is -2.33. The van der Waals surface area contributed by atoms with Crippen LogP contribution < -0.4 is 16.0 Å². The molecule has 9 nitrogen and oxygen atoms in total. The van der Waals surface area contributed by atoms with E-state index in [1.807, 2.05) is 13.8 Å². The third-order valence-corrected chi connectivity index (χ3v) is 6.40. The average Bonchev–Trinajstić information content (AvgIpc) is 2.85. The van der Waals surface area contributed by atoms with Gasteiger partial charge in [-0.1, -0.05) is 75.2 Å². The Hall–Kier alpha value is -2.79. The molecule has 0 heterocycles. The standard InChI is InChI=1S/C27H36BCl2N3O6/c1-16(2)12-22(26(35)33-24(17(3)4)28(37)38)31-25(34)23(14-19-6-5-7-21(30)13-19)32-27(36)39-15-18-8-10-20(29)11-9-18/h5-11,13,16-17,22-24,37-38H,12,14-15H2,1-4H3,(H,31,34)(H,32,36)(H,33,35)/t22-,23-,24-/m0/s1. The van der Waals surface area contributed by atoms with Crippen LogP contribution in [0.25, 0.3) is 0 Å². The van der Waals surface area contributed by atoms with Gasteiger partial charge in [0, 0.05) is 16.5 Å². The minimum atomic E-state index is -1.77. The largest absolute Gasteiger partial charge is 0.475 e. The van der Waals surface area contributed by atoms with Crippen LogP contribution in [0.5, 0.6) is 0 Å². The number of alkyl carbamates (subject to hydrolysis) is 1. The van der Waals surface area contributed by atoms with Crippen LogP contribution >= 0.6 is 23.2 Å². The lowest BCUT2D eigenvalue weighted by Crippen LogP contribution is -2.58. The minimum absolute atomic E-state index is 0.0290. The Kier molecular flexibility index (Phi) is 13.1. The van der Waals surface area contributed by atoms with Crippen LogP contribution in [0.2, 0.25) is 10.0 Å². The van der Waals surface area contributed by atoms with Gasteiger partial charge in [0.15, 0.2) is 0 Å². The molecule has 2 aromatic carbocycles. The Labute approximate surface area is 239 Å². The van der Waals surface area contributed by atoms with E-state index in [9.17, 15) is 24.4 Å². The Balaban J connectivity index is 2.19. The predicted octanol–water partition coefficient (Wildman–Crippen LogP) is 3.51. The number of halogens is 2. The summed E-state index contributed by atoms with van der Waals surface area (Å²) in [5.41, 5.74) is 1.40. The first-order chi connectivity index (χ1) is 18.3. The lowest BCUT2D eigenvalue weighted by molar-refractivity contribution is -0.130. The average molecular weight is 580 g/mol. The van der Waals surface area contributed by atoms with Crippen molar-refractivity contribution in [3.05, 3.63) is 69.7 Å². The Morgan fingerprint density at radius 1 is 0.846 bits per heavy atom. The Morgan fingerprint density at radius 3 is 2.05 bits per heavy atom. The second kappa shape index (κ2) is 15.7. The normalized spacial score (nSPS) is 13.4. The van der Waals surface area contributed by atoms with Crippen molar-refractivity contribution in [2.75, 3.05) is 0 Å². The second-order valence-corrected chi connectivity index (χ2v) is 11.0. The Morgan fingerprint density at radius 2 is 1.49 bits per heavy atom. The molecule has 0 radical (unpaired) electrons. The van der Waals surface area contributed by atoms with Crippen molar-refractivity contribution in [1.82, 2.24) is 16.0 Å². The highest BCUT2D eigenvalue weighted by atomic mass is 35.5. The van der Waals surface area contributed by atoms with Crippen molar-refractivity contribution in [2.45, 2.75) is 65.2 Å². The molecule has 3 amide bonds. The van der Waals surface area contributed by atoms with Crippen LogP contribution in [0.1, 0.15) is 45.2 Å². The number of amides is 3. The van der Waals surface area contributed by atoms with Gasteiger partial charge < -0.3 is 30.7 Å². The predicted molar refractivity (Wildman–Crippen MR) is 152 cm³/mol. The van der Waals surface area contributed by atoms with E-state index in [-0.39, 0.29) is 31.3 Å². The first kappa shape index (κ1) is 32.4. The summed E-state index contributed by atoms with van der Waals surface area (Å²) >= 11 is 12.0. The van der Waals surface area contributed by atoms with Gasteiger partial charge >= 0.3 is 13.2 Å². The van der Waals surface area contributed by atoms with E-state index in [0.29, 0.717) is 21.2 Å². The van der Waals surface area contributed by atoms with E-state index < -0.39 is 43.1 Å². The molecule has 212 valence electrons. The summed E-state index contributed by atoms with van der Waals surface area (Å²) in [6, 6.07) is 11.6. The molecule has 0 unspecified atom stereocenters. The summed E-state index contributed by atoms with van der Waals surface area (Å²) in [4.78, 5) is 39.1. The summed E-state index contributed by atoms with van der Waals surface area (Å²) < 4.78 is 5.30.